The van der Waals surface area contributed by atoms with E-state index in [9.17, 15) is 22.8 Å². The van der Waals surface area contributed by atoms with Gasteiger partial charge in [0.1, 0.15) is 0 Å². The first-order chi connectivity index (χ1) is 15.3. The summed E-state index contributed by atoms with van der Waals surface area (Å²) in [6, 6.07) is 11.4. The van der Waals surface area contributed by atoms with E-state index in [1.807, 2.05) is 18.2 Å². The summed E-state index contributed by atoms with van der Waals surface area (Å²) in [5, 5.41) is 4.66. The lowest BCUT2D eigenvalue weighted by molar-refractivity contribution is -0.128. The number of benzene rings is 2. The molecule has 0 radical (unpaired) electrons. The molecule has 1 aliphatic rings. The van der Waals surface area contributed by atoms with Crippen molar-refractivity contribution in [2.75, 3.05) is 38.0 Å². The summed E-state index contributed by atoms with van der Waals surface area (Å²) in [7, 11) is 0. The molecule has 32 heavy (non-hydrogen) atoms. The Bertz CT molecular complexity index is 942. The van der Waals surface area contributed by atoms with Crippen molar-refractivity contribution in [2.45, 2.75) is 25.9 Å². The largest absolute Gasteiger partial charge is 0.346 e. The Balaban J connectivity index is 1.46. The Morgan fingerprint density at radius 2 is 1.72 bits per heavy atom. The fourth-order valence-electron chi connectivity index (χ4n) is 3.68. The summed E-state index contributed by atoms with van der Waals surface area (Å²) in [5.41, 5.74) is 0.762. The topological polar surface area (TPSA) is 64.7 Å². The normalized spacial score (nSPS) is 16.2. The van der Waals surface area contributed by atoms with Crippen LogP contribution in [0, 0.1) is 17.5 Å². The number of rotatable bonds is 7. The van der Waals surface area contributed by atoms with Gasteiger partial charge in [0.15, 0.2) is 17.5 Å². The minimum atomic E-state index is -1.66. The predicted molar refractivity (Wildman–Crippen MR) is 115 cm³/mol. The van der Waals surface area contributed by atoms with Gasteiger partial charge in [-0.2, -0.15) is 0 Å². The number of carbonyl (C=O) groups is 2. The molecule has 2 aromatic rings. The Labute approximate surface area is 185 Å². The lowest BCUT2D eigenvalue weighted by Gasteiger charge is -2.27. The molecule has 1 unspecified atom stereocenters. The molecule has 0 spiro atoms. The minimum absolute atomic E-state index is 0.331. The maximum Gasteiger partial charge on any atom is 0.243 e. The second-order valence-corrected chi connectivity index (χ2v) is 7.82. The average Bonchev–Trinajstić information content (AvgIpc) is 3.03. The summed E-state index contributed by atoms with van der Waals surface area (Å²) in [6.07, 6.45) is 0.917. The van der Waals surface area contributed by atoms with E-state index in [1.54, 1.807) is 6.92 Å². The minimum Gasteiger partial charge on any atom is -0.346 e. The van der Waals surface area contributed by atoms with Gasteiger partial charge < -0.3 is 10.6 Å². The molecular weight excluding hydrogens is 421 g/mol. The van der Waals surface area contributed by atoms with Crippen molar-refractivity contribution in [1.82, 2.24) is 15.1 Å². The zero-order valence-corrected chi connectivity index (χ0v) is 17.9. The van der Waals surface area contributed by atoms with Gasteiger partial charge in [-0.3, -0.25) is 19.4 Å². The second kappa shape index (κ2) is 11.1. The van der Waals surface area contributed by atoms with Gasteiger partial charge in [0, 0.05) is 26.2 Å². The van der Waals surface area contributed by atoms with Crippen molar-refractivity contribution < 1.29 is 22.8 Å². The highest BCUT2D eigenvalue weighted by molar-refractivity contribution is 5.95. The SMILES string of the molecule is CC(C(=O)NCC(=O)Nc1ccc(F)c(F)c1F)N1CCCN(Cc2ccccc2)CC1. The zero-order valence-electron chi connectivity index (χ0n) is 17.9. The highest BCUT2D eigenvalue weighted by Crippen LogP contribution is 2.19. The molecule has 1 atom stereocenters. The van der Waals surface area contributed by atoms with Crippen molar-refractivity contribution in [3.63, 3.8) is 0 Å². The quantitative estimate of drug-likeness (QED) is 0.640. The van der Waals surface area contributed by atoms with Crippen LogP contribution in [0.15, 0.2) is 42.5 Å². The lowest BCUT2D eigenvalue weighted by Crippen LogP contribution is -2.48. The molecule has 0 saturated carbocycles. The van der Waals surface area contributed by atoms with Crippen LogP contribution in [0.3, 0.4) is 0 Å². The molecule has 2 N–H and O–H groups in total. The van der Waals surface area contributed by atoms with Gasteiger partial charge in [-0.25, -0.2) is 13.2 Å². The number of hydrogen-bond acceptors (Lipinski definition) is 4. The summed E-state index contributed by atoms with van der Waals surface area (Å²) >= 11 is 0. The Morgan fingerprint density at radius 1 is 0.969 bits per heavy atom. The third kappa shape index (κ3) is 6.30. The van der Waals surface area contributed by atoms with Gasteiger partial charge in [0.25, 0.3) is 0 Å². The zero-order chi connectivity index (χ0) is 23.1. The smallest absolute Gasteiger partial charge is 0.243 e. The van der Waals surface area contributed by atoms with Gasteiger partial charge in [-0.15, -0.1) is 0 Å². The van der Waals surface area contributed by atoms with E-state index in [-0.39, 0.29) is 5.91 Å². The molecule has 2 aromatic carbocycles. The van der Waals surface area contributed by atoms with Crippen molar-refractivity contribution in [3.8, 4) is 0 Å². The number of carbonyl (C=O) groups excluding carboxylic acids is 2. The molecule has 0 aliphatic carbocycles. The molecule has 9 heteroatoms. The van der Waals surface area contributed by atoms with E-state index in [1.165, 1.54) is 5.56 Å². The summed E-state index contributed by atoms with van der Waals surface area (Å²) < 4.78 is 39.9. The van der Waals surface area contributed by atoms with Crippen LogP contribution >= 0.6 is 0 Å². The van der Waals surface area contributed by atoms with Crippen LogP contribution in [-0.4, -0.2) is 60.4 Å². The van der Waals surface area contributed by atoms with Gasteiger partial charge in [0.2, 0.25) is 11.8 Å². The number of nitrogens with zero attached hydrogens (tertiary/aromatic N) is 2. The molecule has 6 nitrogen and oxygen atoms in total. The van der Waals surface area contributed by atoms with E-state index in [0.717, 1.165) is 44.7 Å². The van der Waals surface area contributed by atoms with E-state index >= 15 is 0 Å². The summed E-state index contributed by atoms with van der Waals surface area (Å²) in [4.78, 5) is 28.9. The number of amides is 2. The van der Waals surface area contributed by atoms with Gasteiger partial charge >= 0.3 is 0 Å². The highest BCUT2D eigenvalue weighted by atomic mass is 19.2. The van der Waals surface area contributed by atoms with Crippen molar-refractivity contribution in [3.05, 3.63) is 65.5 Å². The van der Waals surface area contributed by atoms with Crippen LogP contribution in [0.5, 0.6) is 0 Å². The molecule has 3 rings (SSSR count). The van der Waals surface area contributed by atoms with Crippen LogP contribution in [0.4, 0.5) is 18.9 Å². The average molecular weight is 448 g/mol. The van der Waals surface area contributed by atoms with Crippen LogP contribution < -0.4 is 10.6 Å². The maximum atomic E-state index is 13.7. The predicted octanol–water partition coefficient (Wildman–Crippen LogP) is 2.76. The Morgan fingerprint density at radius 3 is 2.47 bits per heavy atom. The van der Waals surface area contributed by atoms with Gasteiger partial charge in [-0.1, -0.05) is 30.3 Å². The van der Waals surface area contributed by atoms with Crippen LogP contribution in [0.1, 0.15) is 18.9 Å². The third-order valence-corrected chi connectivity index (χ3v) is 5.53. The number of anilines is 1. The van der Waals surface area contributed by atoms with Crippen molar-refractivity contribution in [1.29, 1.82) is 0 Å². The number of halogens is 3. The van der Waals surface area contributed by atoms with E-state index in [4.69, 9.17) is 0 Å². The van der Waals surface area contributed by atoms with E-state index in [2.05, 4.69) is 32.6 Å². The van der Waals surface area contributed by atoms with Crippen LogP contribution in [0.25, 0.3) is 0 Å². The van der Waals surface area contributed by atoms with Crippen LogP contribution in [0.2, 0.25) is 0 Å². The molecule has 1 aliphatic heterocycles. The van der Waals surface area contributed by atoms with Gasteiger partial charge in [0.05, 0.1) is 18.3 Å². The second-order valence-electron chi connectivity index (χ2n) is 7.82. The monoisotopic (exact) mass is 448 g/mol. The Kier molecular flexibility index (Phi) is 8.24. The fraction of sp³-hybridized carbons (Fsp3) is 0.391. The first kappa shape index (κ1) is 23.7. The summed E-state index contributed by atoms with van der Waals surface area (Å²) in [5.74, 6) is -5.56. The maximum absolute atomic E-state index is 13.7. The number of hydrogen-bond donors (Lipinski definition) is 2. The number of nitrogens with one attached hydrogen (secondary N) is 2. The molecule has 0 bridgehead atoms. The fourth-order valence-corrected chi connectivity index (χ4v) is 3.68. The molecule has 1 fully saturated rings. The van der Waals surface area contributed by atoms with Crippen LogP contribution in [-0.2, 0) is 16.1 Å². The molecule has 1 saturated heterocycles. The molecule has 0 aromatic heterocycles. The summed E-state index contributed by atoms with van der Waals surface area (Å²) in [6.45, 7) is 5.45. The first-order valence-electron chi connectivity index (χ1n) is 10.6. The lowest BCUT2D eigenvalue weighted by atomic mass is 10.2. The van der Waals surface area contributed by atoms with Crippen molar-refractivity contribution in [2.24, 2.45) is 0 Å². The standard InChI is InChI=1S/C23H27F3N4O2/c1-16(30-11-5-10-29(12-13-30)15-17-6-3-2-4-7-17)23(32)27-14-20(31)28-19-9-8-18(24)21(25)22(19)26/h2-4,6-9,16H,5,10-15H2,1H3,(H,27,32)(H,28,31). The van der Waals surface area contributed by atoms with Crippen molar-refractivity contribution >= 4 is 17.5 Å². The first-order valence-corrected chi connectivity index (χ1v) is 10.6. The molecular formula is C23H27F3N4O2. The Hall–Kier alpha value is -2.91. The van der Waals surface area contributed by atoms with E-state index in [0.29, 0.717) is 6.54 Å². The van der Waals surface area contributed by atoms with Gasteiger partial charge in [-0.05, 0) is 37.6 Å². The van der Waals surface area contributed by atoms with E-state index < -0.39 is 41.6 Å². The molecule has 172 valence electrons. The molecule has 2 amide bonds. The third-order valence-electron chi connectivity index (χ3n) is 5.53. The molecule has 1 heterocycles. The highest BCUT2D eigenvalue weighted by Gasteiger charge is 2.24.